The van der Waals surface area contributed by atoms with Gasteiger partial charge in [-0.3, -0.25) is 0 Å². The molecule has 0 saturated heterocycles. The average molecular weight is 164 g/mol. The molecule has 0 heteroatoms. The van der Waals surface area contributed by atoms with Crippen molar-refractivity contribution < 1.29 is 0 Å². The molecule has 0 radical (unpaired) electrons. The molecule has 0 aliphatic heterocycles. The van der Waals surface area contributed by atoms with E-state index in [2.05, 4.69) is 24.8 Å². The van der Waals surface area contributed by atoms with Crippen LogP contribution in [0, 0.1) is 0 Å². The lowest BCUT2D eigenvalue weighted by Gasteiger charge is -1.97. The summed E-state index contributed by atoms with van der Waals surface area (Å²) in [6, 6.07) is 0. The lowest BCUT2D eigenvalue weighted by molar-refractivity contribution is 0.730. The highest BCUT2D eigenvalue weighted by atomic mass is 13.9. The van der Waals surface area contributed by atoms with Crippen LogP contribution in [0.4, 0.5) is 0 Å². The van der Waals surface area contributed by atoms with E-state index in [9.17, 15) is 0 Å². The minimum atomic E-state index is 0.997. The van der Waals surface area contributed by atoms with Crippen molar-refractivity contribution in [2.45, 2.75) is 39.0 Å². The predicted octanol–water partition coefficient (Wildman–Crippen LogP) is 4.26. The molecule has 1 aliphatic carbocycles. The Morgan fingerprint density at radius 2 is 1.83 bits per heavy atom. The molecule has 0 nitrogen and oxygen atoms in total. The molecule has 1 aliphatic rings. The monoisotopic (exact) mass is 164 g/mol. The van der Waals surface area contributed by atoms with Crippen molar-refractivity contribution in [1.29, 1.82) is 0 Å². The Morgan fingerprint density at radius 3 is 2.00 bits per heavy atom. The Labute approximate surface area is 76.7 Å². The van der Waals surface area contributed by atoms with Gasteiger partial charge in [-0.1, -0.05) is 30.4 Å². The third-order valence-electron chi connectivity index (χ3n) is 1.70. The van der Waals surface area contributed by atoms with Gasteiger partial charge in [0.2, 0.25) is 0 Å². The minimum Gasteiger partial charge on any atom is -0.103 e. The minimum absolute atomic E-state index is 0.997. The summed E-state index contributed by atoms with van der Waals surface area (Å²) in [5.41, 5.74) is 0. The summed E-state index contributed by atoms with van der Waals surface area (Å²) in [6.45, 7) is 5.55. The van der Waals surface area contributed by atoms with Crippen LogP contribution >= 0.6 is 0 Å². The molecule has 1 rings (SSSR count). The molecule has 0 aromatic rings. The van der Waals surface area contributed by atoms with E-state index in [4.69, 9.17) is 0 Å². The van der Waals surface area contributed by atoms with Gasteiger partial charge in [0.1, 0.15) is 0 Å². The van der Waals surface area contributed by atoms with Crippen molar-refractivity contribution in [3.63, 3.8) is 0 Å². The molecule has 0 aromatic carbocycles. The molecule has 68 valence electrons. The highest BCUT2D eigenvalue weighted by Crippen LogP contribution is 2.07. The zero-order valence-corrected chi connectivity index (χ0v) is 8.13. The summed E-state index contributed by atoms with van der Waals surface area (Å²) in [7, 11) is 0. The quantitative estimate of drug-likeness (QED) is 0.535. The second-order valence-electron chi connectivity index (χ2n) is 2.85. The molecule has 0 bridgehead atoms. The standard InChI is InChI=1S/2C6H10/c1-2-4-6-5-3-1;1-3-5-6-4-2/h1-2H,3-6H2;3-4,6H,1,5H2,2H3. The van der Waals surface area contributed by atoms with Gasteiger partial charge in [0.05, 0.1) is 0 Å². The lowest BCUT2D eigenvalue weighted by Crippen LogP contribution is -1.77. The zero-order valence-electron chi connectivity index (χ0n) is 8.13. The number of hydrogen-bond acceptors (Lipinski definition) is 0. The number of rotatable bonds is 2. The SMILES string of the molecule is C1=CCCCC1.C=CCC=CC. The maximum Gasteiger partial charge on any atom is -0.0172 e. The highest BCUT2D eigenvalue weighted by molar-refractivity contribution is 4.85. The van der Waals surface area contributed by atoms with Gasteiger partial charge in [-0.05, 0) is 39.0 Å². The van der Waals surface area contributed by atoms with Gasteiger partial charge in [0.25, 0.3) is 0 Å². The second-order valence-corrected chi connectivity index (χ2v) is 2.85. The molecule has 0 spiro atoms. The average Bonchev–Trinajstić information content (AvgIpc) is 2.18. The predicted molar refractivity (Wildman–Crippen MR) is 57.2 cm³/mol. The third-order valence-corrected chi connectivity index (χ3v) is 1.70. The van der Waals surface area contributed by atoms with E-state index < -0.39 is 0 Å². The van der Waals surface area contributed by atoms with Crippen LogP contribution < -0.4 is 0 Å². The summed E-state index contributed by atoms with van der Waals surface area (Å²) in [4.78, 5) is 0. The van der Waals surface area contributed by atoms with Gasteiger partial charge < -0.3 is 0 Å². The summed E-state index contributed by atoms with van der Waals surface area (Å²) in [5.74, 6) is 0. The Morgan fingerprint density at radius 1 is 1.25 bits per heavy atom. The first kappa shape index (κ1) is 11.2. The maximum absolute atomic E-state index is 3.55. The van der Waals surface area contributed by atoms with E-state index in [0.29, 0.717) is 0 Å². The normalized spacial score (nSPS) is 15.4. The van der Waals surface area contributed by atoms with Crippen molar-refractivity contribution in [2.24, 2.45) is 0 Å². The highest BCUT2D eigenvalue weighted by Gasteiger charge is 1.87. The van der Waals surface area contributed by atoms with E-state index in [-0.39, 0.29) is 0 Å². The molecule has 0 unspecified atom stereocenters. The molecule has 0 amide bonds. The number of allylic oxidation sites excluding steroid dienone is 5. The topological polar surface area (TPSA) is 0 Å². The molecule has 0 fully saturated rings. The van der Waals surface area contributed by atoms with Crippen LogP contribution in [0.1, 0.15) is 39.0 Å². The fourth-order valence-electron chi connectivity index (χ4n) is 0.992. The van der Waals surface area contributed by atoms with Gasteiger partial charge in [0.15, 0.2) is 0 Å². The molecule has 0 aromatic heterocycles. The smallest absolute Gasteiger partial charge is 0.0172 e. The van der Waals surface area contributed by atoms with Crippen molar-refractivity contribution in [1.82, 2.24) is 0 Å². The Hall–Kier alpha value is -0.780. The first-order valence-corrected chi connectivity index (χ1v) is 4.79. The molecule has 0 atom stereocenters. The van der Waals surface area contributed by atoms with Crippen molar-refractivity contribution >= 4 is 0 Å². The van der Waals surface area contributed by atoms with Gasteiger partial charge >= 0.3 is 0 Å². The molecule has 0 N–H and O–H groups in total. The van der Waals surface area contributed by atoms with E-state index >= 15 is 0 Å². The van der Waals surface area contributed by atoms with E-state index in [1.54, 1.807) is 0 Å². The fraction of sp³-hybridized carbons (Fsp3) is 0.500. The van der Waals surface area contributed by atoms with Crippen LogP contribution in [0.3, 0.4) is 0 Å². The zero-order chi connectivity index (χ0) is 9.07. The van der Waals surface area contributed by atoms with Crippen LogP contribution in [-0.4, -0.2) is 0 Å². The van der Waals surface area contributed by atoms with Crippen molar-refractivity contribution in [2.75, 3.05) is 0 Å². The Balaban J connectivity index is 0.000000202. The molecular weight excluding hydrogens is 144 g/mol. The van der Waals surface area contributed by atoms with E-state index in [1.807, 2.05) is 19.1 Å². The second kappa shape index (κ2) is 10.2. The lowest BCUT2D eigenvalue weighted by atomic mass is 10.1. The largest absolute Gasteiger partial charge is 0.103 e. The maximum atomic E-state index is 3.55. The summed E-state index contributed by atoms with van der Waals surface area (Å²) in [6.07, 6.45) is 16.9. The van der Waals surface area contributed by atoms with Crippen LogP contribution in [0.2, 0.25) is 0 Å². The summed E-state index contributed by atoms with van der Waals surface area (Å²) < 4.78 is 0. The molecular formula is C12H20. The molecule has 12 heavy (non-hydrogen) atoms. The number of hydrogen-bond donors (Lipinski definition) is 0. The van der Waals surface area contributed by atoms with Crippen LogP contribution in [-0.2, 0) is 0 Å². The van der Waals surface area contributed by atoms with Gasteiger partial charge in [-0.25, -0.2) is 0 Å². The molecule has 0 saturated carbocycles. The van der Waals surface area contributed by atoms with Crippen LogP contribution in [0.15, 0.2) is 37.0 Å². The van der Waals surface area contributed by atoms with Gasteiger partial charge in [-0.15, -0.1) is 6.58 Å². The van der Waals surface area contributed by atoms with E-state index in [1.165, 1.54) is 25.7 Å². The van der Waals surface area contributed by atoms with Crippen molar-refractivity contribution in [3.8, 4) is 0 Å². The van der Waals surface area contributed by atoms with Crippen molar-refractivity contribution in [3.05, 3.63) is 37.0 Å². The van der Waals surface area contributed by atoms with Gasteiger partial charge in [0, 0.05) is 0 Å². The molecule has 0 heterocycles. The fourth-order valence-corrected chi connectivity index (χ4v) is 0.992. The summed E-state index contributed by atoms with van der Waals surface area (Å²) >= 11 is 0. The first-order chi connectivity index (χ1) is 5.91. The van der Waals surface area contributed by atoms with Crippen LogP contribution in [0.5, 0.6) is 0 Å². The van der Waals surface area contributed by atoms with E-state index in [0.717, 1.165) is 6.42 Å². The first-order valence-electron chi connectivity index (χ1n) is 4.79. The van der Waals surface area contributed by atoms with Gasteiger partial charge in [-0.2, -0.15) is 0 Å². The Bertz CT molecular complexity index is 132. The third kappa shape index (κ3) is 9.22. The van der Waals surface area contributed by atoms with Crippen LogP contribution in [0.25, 0.3) is 0 Å². The summed E-state index contributed by atoms with van der Waals surface area (Å²) in [5, 5.41) is 0. The Kier molecular flexibility index (Phi) is 9.56.